The van der Waals surface area contributed by atoms with Crippen molar-refractivity contribution >= 4 is 43.8 Å². The Balaban J connectivity index is 1.95. The number of nitrogens with zero attached hydrogens (tertiary/aromatic N) is 3. The van der Waals surface area contributed by atoms with E-state index < -0.39 is 32.0 Å². The van der Waals surface area contributed by atoms with Gasteiger partial charge in [-0.25, -0.2) is 4.79 Å². The van der Waals surface area contributed by atoms with E-state index in [9.17, 15) is 31.3 Å². The Kier molecular flexibility index (Phi) is 7.88. The lowest BCUT2D eigenvalue weighted by molar-refractivity contribution is 0.0696. The summed E-state index contributed by atoms with van der Waals surface area (Å²) < 4.78 is 63.2. The zero-order chi connectivity index (χ0) is 26.7. The van der Waals surface area contributed by atoms with Gasteiger partial charge < -0.3 is 15.7 Å². The summed E-state index contributed by atoms with van der Waals surface area (Å²) in [6.07, 6.45) is 0.118. The SMILES string of the molecule is Cc1cc(Cc2nc(NCCS(=O)(=O)O)nc(Nc3ccc(S(=O)(=O)O)c(C)c3)n2)cc(C(=O)O)c1. The molecule has 5 N–H and O–H groups in total. The molecule has 0 saturated carbocycles. The summed E-state index contributed by atoms with van der Waals surface area (Å²) in [5.41, 5.74) is 2.09. The zero-order valence-electron chi connectivity index (χ0n) is 19.1. The molecule has 15 heteroatoms. The van der Waals surface area contributed by atoms with Gasteiger partial charge in [0, 0.05) is 18.7 Å². The van der Waals surface area contributed by atoms with Crippen molar-refractivity contribution in [2.45, 2.75) is 25.2 Å². The van der Waals surface area contributed by atoms with Gasteiger partial charge in [-0.15, -0.1) is 0 Å². The number of hydrogen-bond acceptors (Lipinski definition) is 10. The smallest absolute Gasteiger partial charge is 0.335 e. The molecule has 0 fully saturated rings. The van der Waals surface area contributed by atoms with Crippen LogP contribution in [0.4, 0.5) is 17.6 Å². The maximum absolute atomic E-state index is 11.4. The van der Waals surface area contributed by atoms with E-state index in [0.29, 0.717) is 11.3 Å². The van der Waals surface area contributed by atoms with E-state index in [0.717, 1.165) is 5.56 Å². The monoisotopic (exact) mass is 537 g/mol. The summed E-state index contributed by atoms with van der Waals surface area (Å²) in [5, 5.41) is 14.9. The van der Waals surface area contributed by atoms with Crippen LogP contribution in [0.1, 0.15) is 32.9 Å². The number of aryl methyl sites for hydroxylation is 2. The average molecular weight is 538 g/mol. The van der Waals surface area contributed by atoms with Crippen LogP contribution in [0.15, 0.2) is 41.3 Å². The van der Waals surface area contributed by atoms with Crippen LogP contribution in [-0.4, -0.2) is 64.3 Å². The largest absolute Gasteiger partial charge is 0.478 e. The first-order valence-electron chi connectivity index (χ1n) is 10.3. The fourth-order valence-corrected chi connectivity index (χ4v) is 4.41. The summed E-state index contributed by atoms with van der Waals surface area (Å²) in [7, 11) is -8.62. The van der Waals surface area contributed by atoms with E-state index in [1.807, 2.05) is 0 Å². The zero-order valence-corrected chi connectivity index (χ0v) is 20.8. The average Bonchev–Trinajstić information content (AvgIpc) is 2.71. The van der Waals surface area contributed by atoms with Gasteiger partial charge in [0.05, 0.1) is 16.2 Å². The number of benzene rings is 2. The fourth-order valence-electron chi connectivity index (χ4n) is 3.34. The molecule has 3 rings (SSSR count). The van der Waals surface area contributed by atoms with Crippen molar-refractivity contribution in [3.63, 3.8) is 0 Å². The van der Waals surface area contributed by atoms with Crippen molar-refractivity contribution in [3.8, 4) is 0 Å². The van der Waals surface area contributed by atoms with E-state index >= 15 is 0 Å². The second-order valence-corrected chi connectivity index (χ2v) is 10.8. The Bertz CT molecular complexity index is 1530. The topological polar surface area (TPSA) is 209 Å². The normalized spacial score (nSPS) is 11.8. The summed E-state index contributed by atoms with van der Waals surface area (Å²) in [4.78, 5) is 23.9. The molecule has 192 valence electrons. The van der Waals surface area contributed by atoms with Gasteiger partial charge in [-0.1, -0.05) is 6.07 Å². The van der Waals surface area contributed by atoms with Crippen LogP contribution in [-0.2, 0) is 26.7 Å². The third kappa shape index (κ3) is 7.67. The standard InChI is InChI=1S/C21H23N5O8S2/c1-12-7-14(10-15(8-12)19(27)28)11-18-24-20(22-5-6-35(29,30)31)26-21(25-18)23-16-3-4-17(13(2)9-16)36(32,33)34/h3-4,7-10H,5-6,11H2,1-2H3,(H,27,28)(H,29,30,31)(H,32,33,34)(H2,22,23,24,25,26). The highest BCUT2D eigenvalue weighted by molar-refractivity contribution is 7.86. The number of carbonyl (C=O) groups is 1. The molecule has 0 radical (unpaired) electrons. The van der Waals surface area contributed by atoms with Gasteiger partial charge in [-0.3, -0.25) is 9.11 Å². The van der Waals surface area contributed by atoms with Crippen LogP contribution in [0.2, 0.25) is 0 Å². The lowest BCUT2D eigenvalue weighted by Gasteiger charge is -2.12. The Morgan fingerprint density at radius 1 is 0.944 bits per heavy atom. The summed E-state index contributed by atoms with van der Waals surface area (Å²) in [6, 6.07) is 8.83. The maximum atomic E-state index is 11.4. The molecular formula is C21H23N5O8S2. The van der Waals surface area contributed by atoms with E-state index in [-0.39, 0.29) is 46.7 Å². The maximum Gasteiger partial charge on any atom is 0.335 e. The molecule has 0 atom stereocenters. The predicted molar refractivity (Wildman–Crippen MR) is 130 cm³/mol. The summed E-state index contributed by atoms with van der Waals surface area (Å²) in [6.45, 7) is 3.04. The molecule has 1 heterocycles. The molecule has 2 aromatic carbocycles. The van der Waals surface area contributed by atoms with Gasteiger partial charge in [0.1, 0.15) is 5.82 Å². The van der Waals surface area contributed by atoms with Crippen molar-refractivity contribution < 1.29 is 35.8 Å². The number of aromatic carboxylic acids is 1. The second kappa shape index (κ2) is 10.5. The van der Waals surface area contributed by atoms with Crippen LogP contribution in [0, 0.1) is 13.8 Å². The molecule has 1 aromatic heterocycles. The van der Waals surface area contributed by atoms with Crippen LogP contribution in [0.5, 0.6) is 0 Å². The molecule has 0 aliphatic rings. The van der Waals surface area contributed by atoms with Crippen LogP contribution in [0.25, 0.3) is 0 Å². The molecule has 13 nitrogen and oxygen atoms in total. The lowest BCUT2D eigenvalue weighted by Crippen LogP contribution is -2.17. The number of rotatable bonds is 10. The second-order valence-electron chi connectivity index (χ2n) is 7.88. The molecule has 3 aromatic rings. The quantitative estimate of drug-likeness (QED) is 0.235. The first kappa shape index (κ1) is 26.9. The van der Waals surface area contributed by atoms with Crippen molar-refractivity contribution in [3.05, 3.63) is 64.5 Å². The molecular weight excluding hydrogens is 514 g/mol. The first-order chi connectivity index (χ1) is 16.7. The third-order valence-electron chi connectivity index (χ3n) is 4.78. The number of carboxylic acid groups (broad SMARTS) is 1. The summed E-state index contributed by atoms with van der Waals surface area (Å²) in [5.74, 6) is -1.44. The third-order valence-corrected chi connectivity index (χ3v) is 6.51. The predicted octanol–water partition coefficient (Wildman–Crippen LogP) is 2.07. The van der Waals surface area contributed by atoms with E-state index in [1.165, 1.54) is 37.3 Å². The van der Waals surface area contributed by atoms with Crippen LogP contribution in [0.3, 0.4) is 0 Å². The van der Waals surface area contributed by atoms with Crippen LogP contribution >= 0.6 is 0 Å². The van der Waals surface area contributed by atoms with E-state index in [4.69, 9.17) is 4.55 Å². The van der Waals surface area contributed by atoms with Crippen molar-refractivity contribution in [2.24, 2.45) is 0 Å². The van der Waals surface area contributed by atoms with Gasteiger partial charge in [0.25, 0.3) is 20.2 Å². The Labute approximate surface area is 207 Å². The minimum Gasteiger partial charge on any atom is -0.478 e. The molecule has 0 aliphatic carbocycles. The molecule has 0 amide bonds. The number of anilines is 3. The number of carboxylic acids is 1. The molecule has 0 saturated heterocycles. The highest BCUT2D eigenvalue weighted by Crippen LogP contribution is 2.22. The molecule has 0 aliphatic heterocycles. The molecule has 0 spiro atoms. The molecule has 0 bridgehead atoms. The Morgan fingerprint density at radius 2 is 1.64 bits per heavy atom. The van der Waals surface area contributed by atoms with Gasteiger partial charge in [0.15, 0.2) is 0 Å². The highest BCUT2D eigenvalue weighted by atomic mass is 32.2. The highest BCUT2D eigenvalue weighted by Gasteiger charge is 2.15. The number of hydrogen-bond donors (Lipinski definition) is 5. The van der Waals surface area contributed by atoms with Crippen LogP contribution < -0.4 is 10.6 Å². The van der Waals surface area contributed by atoms with Gasteiger partial charge in [-0.05, 0) is 60.9 Å². The molecule has 0 unspecified atom stereocenters. The van der Waals surface area contributed by atoms with E-state index in [2.05, 4.69) is 25.6 Å². The molecule has 36 heavy (non-hydrogen) atoms. The van der Waals surface area contributed by atoms with Crippen molar-refractivity contribution in [1.82, 2.24) is 15.0 Å². The minimum atomic E-state index is -4.40. The summed E-state index contributed by atoms with van der Waals surface area (Å²) >= 11 is 0. The Hall–Kier alpha value is -3.66. The fraction of sp³-hybridized carbons (Fsp3) is 0.238. The van der Waals surface area contributed by atoms with Crippen molar-refractivity contribution in [1.29, 1.82) is 0 Å². The number of aromatic nitrogens is 3. The van der Waals surface area contributed by atoms with E-state index in [1.54, 1.807) is 13.0 Å². The minimum absolute atomic E-state index is 0.0106. The Morgan fingerprint density at radius 3 is 2.25 bits per heavy atom. The first-order valence-corrected chi connectivity index (χ1v) is 13.4. The van der Waals surface area contributed by atoms with Gasteiger partial charge in [-0.2, -0.15) is 31.8 Å². The van der Waals surface area contributed by atoms with Gasteiger partial charge in [0.2, 0.25) is 11.9 Å². The lowest BCUT2D eigenvalue weighted by atomic mass is 10.0. The van der Waals surface area contributed by atoms with Gasteiger partial charge >= 0.3 is 5.97 Å². The number of nitrogens with one attached hydrogen (secondary N) is 2. The van der Waals surface area contributed by atoms with Crippen molar-refractivity contribution in [2.75, 3.05) is 22.9 Å².